The zero-order valence-corrected chi connectivity index (χ0v) is 16.9. The number of hydrogen-bond donors (Lipinski definition) is 0. The van der Waals surface area contributed by atoms with Crippen LogP contribution in [0.5, 0.6) is 5.75 Å². The minimum Gasteiger partial charge on any atom is -0.490 e. The first-order chi connectivity index (χ1) is 14.3. The third-order valence-corrected chi connectivity index (χ3v) is 4.38. The first-order valence-corrected chi connectivity index (χ1v) is 9.57. The fourth-order valence-electron chi connectivity index (χ4n) is 2.69. The SMILES string of the molecule is C=CCOc1ccc(F)cc1.CN1CCN(c2cc(CCC(F)(F)F)ncn2)CC1. The summed E-state index contributed by atoms with van der Waals surface area (Å²) in [4.78, 5) is 12.3. The van der Waals surface area contributed by atoms with Crippen LogP contribution in [0.15, 0.2) is 49.3 Å². The molecule has 0 aliphatic carbocycles. The van der Waals surface area contributed by atoms with E-state index in [2.05, 4.69) is 26.3 Å². The molecule has 9 heteroatoms. The van der Waals surface area contributed by atoms with Gasteiger partial charge in [-0.3, -0.25) is 0 Å². The highest BCUT2D eigenvalue weighted by Crippen LogP contribution is 2.22. The number of rotatable bonds is 6. The van der Waals surface area contributed by atoms with Crippen LogP contribution in [0.4, 0.5) is 23.4 Å². The minimum atomic E-state index is -4.14. The molecular weight excluding hydrogens is 400 g/mol. The molecule has 164 valence electrons. The van der Waals surface area contributed by atoms with Crippen molar-refractivity contribution in [3.8, 4) is 5.75 Å². The summed E-state index contributed by atoms with van der Waals surface area (Å²) in [6, 6.07) is 7.55. The average molecular weight is 426 g/mol. The van der Waals surface area contributed by atoms with E-state index in [1.807, 2.05) is 7.05 Å². The fourth-order valence-corrected chi connectivity index (χ4v) is 2.69. The van der Waals surface area contributed by atoms with Crippen LogP contribution < -0.4 is 9.64 Å². The lowest BCUT2D eigenvalue weighted by atomic mass is 10.2. The summed E-state index contributed by atoms with van der Waals surface area (Å²) in [5.41, 5.74) is 0.446. The normalized spacial score (nSPS) is 14.6. The maximum atomic E-state index is 12.3. The summed E-state index contributed by atoms with van der Waals surface area (Å²) in [6.45, 7) is 7.49. The highest BCUT2D eigenvalue weighted by molar-refractivity contribution is 5.39. The van der Waals surface area contributed by atoms with E-state index < -0.39 is 12.6 Å². The van der Waals surface area contributed by atoms with Crippen LogP contribution in [0.2, 0.25) is 0 Å². The van der Waals surface area contributed by atoms with Crippen molar-refractivity contribution >= 4 is 5.82 Å². The van der Waals surface area contributed by atoms with Crippen LogP contribution in [-0.4, -0.2) is 60.9 Å². The van der Waals surface area contributed by atoms with Crippen LogP contribution in [0.25, 0.3) is 0 Å². The minimum absolute atomic E-state index is 0.0905. The molecule has 1 aliphatic rings. The zero-order chi connectivity index (χ0) is 22.0. The lowest BCUT2D eigenvalue weighted by molar-refractivity contribution is -0.134. The Balaban J connectivity index is 0.000000248. The summed E-state index contributed by atoms with van der Waals surface area (Å²) in [7, 11) is 2.05. The number of anilines is 1. The molecular formula is C21H26F4N4O. The van der Waals surface area contributed by atoms with E-state index in [-0.39, 0.29) is 12.2 Å². The van der Waals surface area contributed by atoms with Gasteiger partial charge in [0.15, 0.2) is 0 Å². The Morgan fingerprint density at radius 2 is 1.77 bits per heavy atom. The number of halogens is 4. The monoisotopic (exact) mass is 426 g/mol. The molecule has 1 aromatic heterocycles. The summed E-state index contributed by atoms with van der Waals surface area (Å²) in [6.07, 6.45) is -2.08. The molecule has 30 heavy (non-hydrogen) atoms. The number of likely N-dealkylation sites (N-methyl/N-ethyl adjacent to an activating group) is 1. The molecule has 0 N–H and O–H groups in total. The predicted octanol–water partition coefficient (Wildman–Crippen LogP) is 4.11. The third kappa shape index (κ3) is 8.77. The number of hydrogen-bond acceptors (Lipinski definition) is 5. The lowest BCUT2D eigenvalue weighted by Gasteiger charge is -2.33. The number of alkyl halides is 3. The van der Waals surface area contributed by atoms with Gasteiger partial charge in [-0.15, -0.1) is 0 Å². The maximum absolute atomic E-state index is 12.3. The Bertz CT molecular complexity index is 775. The van der Waals surface area contributed by atoms with Gasteiger partial charge in [0.2, 0.25) is 0 Å². The van der Waals surface area contributed by atoms with Crippen molar-refractivity contribution in [2.45, 2.75) is 19.0 Å². The summed E-state index contributed by atoms with van der Waals surface area (Å²) >= 11 is 0. The molecule has 1 saturated heterocycles. The van der Waals surface area contributed by atoms with Crippen molar-refractivity contribution in [3.05, 3.63) is 60.8 Å². The molecule has 2 heterocycles. The Labute approximate surface area is 174 Å². The summed E-state index contributed by atoms with van der Waals surface area (Å²) in [5.74, 6) is 1.13. The van der Waals surface area contributed by atoms with Gasteiger partial charge in [0, 0.05) is 44.4 Å². The fraction of sp³-hybridized carbons (Fsp3) is 0.429. The van der Waals surface area contributed by atoms with Crippen molar-refractivity contribution in [1.29, 1.82) is 0 Å². The Morgan fingerprint density at radius 3 is 2.37 bits per heavy atom. The number of aryl methyl sites for hydroxylation is 1. The number of ether oxygens (including phenoxy) is 1. The topological polar surface area (TPSA) is 41.5 Å². The molecule has 2 aromatic rings. The van der Waals surface area contributed by atoms with Gasteiger partial charge in [0.1, 0.15) is 30.3 Å². The van der Waals surface area contributed by atoms with Gasteiger partial charge in [-0.05, 0) is 37.7 Å². The Morgan fingerprint density at radius 1 is 1.10 bits per heavy atom. The average Bonchev–Trinajstić information content (AvgIpc) is 2.73. The van der Waals surface area contributed by atoms with Crippen LogP contribution in [-0.2, 0) is 6.42 Å². The van der Waals surface area contributed by atoms with Gasteiger partial charge < -0.3 is 14.5 Å². The van der Waals surface area contributed by atoms with E-state index >= 15 is 0 Å². The second-order valence-corrected chi connectivity index (χ2v) is 6.83. The van der Waals surface area contributed by atoms with Crippen molar-refractivity contribution in [1.82, 2.24) is 14.9 Å². The van der Waals surface area contributed by atoms with E-state index in [1.165, 1.54) is 18.5 Å². The van der Waals surface area contributed by atoms with E-state index in [0.29, 0.717) is 18.1 Å². The molecule has 5 nitrogen and oxygen atoms in total. The molecule has 0 spiro atoms. The molecule has 1 aliphatic heterocycles. The number of piperazine rings is 1. The van der Waals surface area contributed by atoms with E-state index in [4.69, 9.17) is 4.74 Å². The molecule has 0 saturated carbocycles. The number of benzene rings is 1. The highest BCUT2D eigenvalue weighted by atomic mass is 19.4. The van der Waals surface area contributed by atoms with E-state index in [9.17, 15) is 17.6 Å². The molecule has 0 radical (unpaired) electrons. The standard InChI is InChI=1S/C12H17F3N4.C9H9FO/c1-18-4-6-19(7-5-18)11-8-10(16-9-17-11)2-3-12(13,14)15;1-2-7-11-9-5-3-8(10)4-6-9/h8-9H,2-7H2,1H3;2-6H,1,7H2. The zero-order valence-electron chi connectivity index (χ0n) is 16.9. The summed E-state index contributed by atoms with van der Waals surface area (Å²) < 4.78 is 54.0. The largest absolute Gasteiger partial charge is 0.490 e. The van der Waals surface area contributed by atoms with Gasteiger partial charge in [-0.1, -0.05) is 12.7 Å². The second-order valence-electron chi connectivity index (χ2n) is 6.83. The van der Waals surface area contributed by atoms with Crippen molar-refractivity contribution in [2.24, 2.45) is 0 Å². The summed E-state index contributed by atoms with van der Waals surface area (Å²) in [5, 5.41) is 0. The van der Waals surface area contributed by atoms with Gasteiger partial charge in [0.05, 0.1) is 0 Å². The van der Waals surface area contributed by atoms with Gasteiger partial charge >= 0.3 is 6.18 Å². The molecule has 3 rings (SSSR count). The molecule has 1 aromatic carbocycles. The number of aromatic nitrogens is 2. The van der Waals surface area contributed by atoms with Crippen LogP contribution in [0, 0.1) is 5.82 Å². The highest BCUT2D eigenvalue weighted by Gasteiger charge is 2.27. The predicted molar refractivity (Wildman–Crippen MR) is 108 cm³/mol. The second kappa shape index (κ2) is 11.5. The van der Waals surface area contributed by atoms with Crippen LogP contribution >= 0.6 is 0 Å². The van der Waals surface area contributed by atoms with E-state index in [1.54, 1.807) is 24.3 Å². The van der Waals surface area contributed by atoms with Gasteiger partial charge in [-0.2, -0.15) is 13.2 Å². The van der Waals surface area contributed by atoms with Crippen molar-refractivity contribution in [3.63, 3.8) is 0 Å². The molecule has 0 atom stereocenters. The van der Waals surface area contributed by atoms with Crippen molar-refractivity contribution < 1.29 is 22.3 Å². The first kappa shape index (κ1) is 23.6. The van der Waals surface area contributed by atoms with Crippen LogP contribution in [0.3, 0.4) is 0 Å². The first-order valence-electron chi connectivity index (χ1n) is 9.57. The number of nitrogens with zero attached hydrogens (tertiary/aromatic N) is 4. The van der Waals surface area contributed by atoms with Gasteiger partial charge in [0.25, 0.3) is 0 Å². The van der Waals surface area contributed by atoms with Crippen LogP contribution in [0.1, 0.15) is 12.1 Å². The van der Waals surface area contributed by atoms with Crippen molar-refractivity contribution in [2.75, 3.05) is 44.7 Å². The lowest BCUT2D eigenvalue weighted by Crippen LogP contribution is -2.44. The Kier molecular flexibility index (Phi) is 9.04. The quantitative estimate of drug-likeness (QED) is 0.514. The smallest absolute Gasteiger partial charge is 0.389 e. The van der Waals surface area contributed by atoms with E-state index in [0.717, 1.165) is 32.0 Å². The molecule has 0 bridgehead atoms. The van der Waals surface area contributed by atoms with Gasteiger partial charge in [-0.25, -0.2) is 14.4 Å². The molecule has 0 unspecified atom stereocenters. The Hall–Kier alpha value is -2.68. The maximum Gasteiger partial charge on any atom is 0.389 e. The molecule has 0 amide bonds. The molecule has 1 fully saturated rings. The third-order valence-electron chi connectivity index (χ3n) is 4.38.